The summed E-state index contributed by atoms with van der Waals surface area (Å²) in [4.78, 5) is 2.16. The first-order valence-corrected chi connectivity index (χ1v) is 5.04. The minimum atomic E-state index is 0.312. The van der Waals surface area contributed by atoms with Crippen LogP contribution in [-0.4, -0.2) is 31.6 Å². The molecule has 1 atom stereocenters. The summed E-state index contributed by atoms with van der Waals surface area (Å²) in [6, 6.07) is 4.77. The molecule has 0 saturated carbocycles. The minimum Gasteiger partial charge on any atom is -0.468 e. The number of hydrogen-bond donors (Lipinski definition) is 1. The van der Waals surface area contributed by atoms with Crippen molar-refractivity contribution in [2.45, 2.75) is 25.9 Å². The Hall–Kier alpha value is -0.800. The van der Waals surface area contributed by atoms with Gasteiger partial charge in [0.1, 0.15) is 5.76 Å². The molecular weight excluding hydrogens is 176 g/mol. The Kier molecular flexibility index (Phi) is 4.17. The highest BCUT2D eigenvalue weighted by molar-refractivity contribution is 5.05. The molecule has 1 aromatic rings. The summed E-state index contributed by atoms with van der Waals surface area (Å²) in [6.07, 6.45) is 1.72. The van der Waals surface area contributed by atoms with Crippen LogP contribution in [0.25, 0.3) is 0 Å². The van der Waals surface area contributed by atoms with Crippen molar-refractivity contribution in [3.63, 3.8) is 0 Å². The average Bonchev–Trinajstić information content (AvgIpc) is 2.56. The Bertz CT molecular complexity index is 242. The summed E-state index contributed by atoms with van der Waals surface area (Å²) in [5.74, 6) is 1.02. The van der Waals surface area contributed by atoms with E-state index in [1.54, 1.807) is 6.26 Å². The maximum Gasteiger partial charge on any atom is 0.122 e. The van der Waals surface area contributed by atoms with Crippen LogP contribution in [0.1, 0.15) is 25.6 Å². The van der Waals surface area contributed by atoms with Gasteiger partial charge in [-0.3, -0.25) is 4.90 Å². The smallest absolute Gasteiger partial charge is 0.122 e. The third kappa shape index (κ3) is 3.16. The Balaban J connectivity index is 2.57. The van der Waals surface area contributed by atoms with Gasteiger partial charge in [-0.1, -0.05) is 13.8 Å². The Labute approximate surface area is 86.1 Å². The van der Waals surface area contributed by atoms with Gasteiger partial charge in [0.2, 0.25) is 0 Å². The van der Waals surface area contributed by atoms with Gasteiger partial charge < -0.3 is 9.73 Å². The second-order valence-corrected chi connectivity index (χ2v) is 4.06. The normalized spacial score (nSPS) is 13.9. The van der Waals surface area contributed by atoms with Crippen molar-refractivity contribution in [1.82, 2.24) is 10.2 Å². The number of nitrogens with zero attached hydrogens (tertiary/aromatic N) is 1. The SMILES string of the molecule is CC(C)NCC(c1ccco1)N(C)C. The molecule has 1 heterocycles. The number of furan rings is 1. The van der Waals surface area contributed by atoms with Crippen LogP contribution in [0, 0.1) is 0 Å². The maximum absolute atomic E-state index is 5.41. The molecule has 80 valence electrons. The van der Waals surface area contributed by atoms with E-state index in [0.29, 0.717) is 12.1 Å². The Morgan fingerprint density at radius 3 is 2.57 bits per heavy atom. The second kappa shape index (κ2) is 5.17. The van der Waals surface area contributed by atoms with E-state index in [9.17, 15) is 0 Å². The number of likely N-dealkylation sites (N-methyl/N-ethyl adjacent to an activating group) is 1. The largest absolute Gasteiger partial charge is 0.468 e. The van der Waals surface area contributed by atoms with Gasteiger partial charge in [0.15, 0.2) is 0 Å². The monoisotopic (exact) mass is 196 g/mol. The molecule has 0 saturated heterocycles. The third-order valence-electron chi connectivity index (χ3n) is 2.21. The zero-order valence-electron chi connectivity index (χ0n) is 9.45. The molecular formula is C11H20N2O. The van der Waals surface area contributed by atoms with E-state index in [1.165, 1.54) is 0 Å². The molecule has 3 heteroatoms. The first-order chi connectivity index (χ1) is 6.61. The molecule has 1 unspecified atom stereocenters. The van der Waals surface area contributed by atoms with Crippen molar-refractivity contribution >= 4 is 0 Å². The molecule has 0 amide bonds. The van der Waals surface area contributed by atoms with E-state index in [0.717, 1.165) is 12.3 Å². The lowest BCUT2D eigenvalue weighted by atomic mass is 10.2. The lowest BCUT2D eigenvalue weighted by Crippen LogP contribution is -2.34. The molecule has 0 bridgehead atoms. The average molecular weight is 196 g/mol. The van der Waals surface area contributed by atoms with Crippen LogP contribution >= 0.6 is 0 Å². The van der Waals surface area contributed by atoms with Crippen LogP contribution in [0.3, 0.4) is 0 Å². The van der Waals surface area contributed by atoms with Gasteiger partial charge >= 0.3 is 0 Å². The fourth-order valence-electron chi connectivity index (χ4n) is 1.37. The minimum absolute atomic E-state index is 0.312. The zero-order chi connectivity index (χ0) is 10.6. The molecule has 0 fully saturated rings. The topological polar surface area (TPSA) is 28.4 Å². The van der Waals surface area contributed by atoms with E-state index < -0.39 is 0 Å². The highest BCUT2D eigenvalue weighted by Gasteiger charge is 2.16. The van der Waals surface area contributed by atoms with Crippen molar-refractivity contribution in [2.24, 2.45) is 0 Å². The molecule has 0 aliphatic rings. The van der Waals surface area contributed by atoms with Crippen LogP contribution in [0.2, 0.25) is 0 Å². The quantitative estimate of drug-likeness (QED) is 0.779. The van der Waals surface area contributed by atoms with Gasteiger partial charge in [0, 0.05) is 12.6 Å². The summed E-state index contributed by atoms with van der Waals surface area (Å²) >= 11 is 0. The van der Waals surface area contributed by atoms with Crippen LogP contribution in [0.5, 0.6) is 0 Å². The lowest BCUT2D eigenvalue weighted by Gasteiger charge is -2.23. The molecule has 1 rings (SSSR count). The van der Waals surface area contributed by atoms with E-state index in [4.69, 9.17) is 4.42 Å². The van der Waals surface area contributed by atoms with E-state index in [2.05, 4.69) is 38.2 Å². The standard InChI is InChI=1S/C11H20N2O/c1-9(2)12-8-10(13(3)4)11-6-5-7-14-11/h5-7,9-10,12H,8H2,1-4H3. The van der Waals surface area contributed by atoms with Gasteiger partial charge in [-0.25, -0.2) is 0 Å². The molecule has 14 heavy (non-hydrogen) atoms. The molecule has 0 aromatic carbocycles. The van der Waals surface area contributed by atoms with Crippen molar-refractivity contribution in [3.8, 4) is 0 Å². The fraction of sp³-hybridized carbons (Fsp3) is 0.636. The number of rotatable bonds is 5. The number of nitrogens with one attached hydrogen (secondary N) is 1. The number of hydrogen-bond acceptors (Lipinski definition) is 3. The van der Waals surface area contributed by atoms with E-state index in [-0.39, 0.29) is 0 Å². The van der Waals surface area contributed by atoms with Gasteiger partial charge in [-0.2, -0.15) is 0 Å². The van der Waals surface area contributed by atoms with Gasteiger partial charge in [0.05, 0.1) is 12.3 Å². The molecule has 0 aliphatic carbocycles. The summed E-state index contributed by atoms with van der Waals surface area (Å²) < 4.78 is 5.41. The van der Waals surface area contributed by atoms with Gasteiger partial charge in [0.25, 0.3) is 0 Å². The first-order valence-electron chi connectivity index (χ1n) is 5.04. The van der Waals surface area contributed by atoms with Crippen molar-refractivity contribution < 1.29 is 4.42 Å². The predicted octanol–water partition coefficient (Wildman–Crippen LogP) is 1.88. The maximum atomic E-state index is 5.41. The second-order valence-electron chi connectivity index (χ2n) is 4.06. The zero-order valence-corrected chi connectivity index (χ0v) is 9.45. The molecule has 0 spiro atoms. The highest BCUT2D eigenvalue weighted by atomic mass is 16.3. The fourth-order valence-corrected chi connectivity index (χ4v) is 1.37. The molecule has 1 aromatic heterocycles. The van der Waals surface area contributed by atoms with Gasteiger partial charge in [-0.15, -0.1) is 0 Å². The van der Waals surface area contributed by atoms with Crippen molar-refractivity contribution in [3.05, 3.63) is 24.2 Å². The van der Waals surface area contributed by atoms with Crippen LogP contribution in [0.4, 0.5) is 0 Å². The van der Waals surface area contributed by atoms with Crippen LogP contribution in [-0.2, 0) is 0 Å². The highest BCUT2D eigenvalue weighted by Crippen LogP contribution is 2.17. The van der Waals surface area contributed by atoms with E-state index in [1.807, 2.05) is 12.1 Å². The predicted molar refractivity (Wildman–Crippen MR) is 58.3 cm³/mol. The van der Waals surface area contributed by atoms with Gasteiger partial charge in [-0.05, 0) is 26.2 Å². The van der Waals surface area contributed by atoms with Crippen molar-refractivity contribution in [1.29, 1.82) is 0 Å². The van der Waals surface area contributed by atoms with E-state index >= 15 is 0 Å². The third-order valence-corrected chi connectivity index (χ3v) is 2.21. The molecule has 0 radical (unpaired) electrons. The Morgan fingerprint density at radius 1 is 1.43 bits per heavy atom. The van der Waals surface area contributed by atoms with Crippen molar-refractivity contribution in [2.75, 3.05) is 20.6 Å². The summed E-state index contributed by atoms with van der Waals surface area (Å²) in [6.45, 7) is 5.21. The molecule has 0 aliphatic heterocycles. The molecule has 1 N–H and O–H groups in total. The van der Waals surface area contributed by atoms with Crippen LogP contribution in [0.15, 0.2) is 22.8 Å². The molecule has 3 nitrogen and oxygen atoms in total. The lowest BCUT2D eigenvalue weighted by molar-refractivity contribution is 0.246. The summed E-state index contributed by atoms with van der Waals surface area (Å²) in [5, 5.41) is 3.41. The Morgan fingerprint density at radius 2 is 2.14 bits per heavy atom. The summed E-state index contributed by atoms with van der Waals surface area (Å²) in [7, 11) is 4.13. The first kappa shape index (κ1) is 11.3. The van der Waals surface area contributed by atoms with Crippen LogP contribution < -0.4 is 5.32 Å². The summed E-state index contributed by atoms with van der Waals surface area (Å²) in [5.41, 5.74) is 0.